The molecule has 0 bridgehead atoms. The zero-order valence-electron chi connectivity index (χ0n) is 13.4. The van der Waals surface area contributed by atoms with E-state index in [9.17, 15) is 19.8 Å². The van der Waals surface area contributed by atoms with Crippen molar-refractivity contribution in [2.75, 3.05) is 19.8 Å². The Morgan fingerprint density at radius 3 is 2.40 bits per heavy atom. The van der Waals surface area contributed by atoms with Crippen molar-refractivity contribution in [1.29, 1.82) is 0 Å². The number of carbonyl (C=O) groups excluding carboxylic acids is 1. The molecular formula is C17H20N2O6. The highest BCUT2D eigenvalue weighted by Crippen LogP contribution is 2.27. The van der Waals surface area contributed by atoms with E-state index in [1.807, 2.05) is 0 Å². The molecule has 0 fully saturated rings. The van der Waals surface area contributed by atoms with E-state index in [4.69, 9.17) is 10.2 Å². The van der Waals surface area contributed by atoms with E-state index >= 15 is 0 Å². The standard InChI is InChI=1S/C17H20N2O6/c20-9-6-18-17(25)12-3-1-11(2-4-12)15(23)14-16(24)13(22)5-7-19(14)8-10-21/h1-5,7,15,20-21,23-24H,6,8-10H2,(H,18,25). The van der Waals surface area contributed by atoms with E-state index in [1.165, 1.54) is 35.0 Å². The number of aromatic hydroxyl groups is 1. The summed E-state index contributed by atoms with van der Waals surface area (Å²) in [4.78, 5) is 23.5. The lowest BCUT2D eigenvalue weighted by atomic mass is 10.0. The molecule has 8 heteroatoms. The number of hydrogen-bond donors (Lipinski definition) is 5. The molecule has 1 aromatic heterocycles. The Kier molecular flexibility index (Phi) is 6.29. The Balaban J connectivity index is 2.32. The highest BCUT2D eigenvalue weighted by atomic mass is 16.3. The smallest absolute Gasteiger partial charge is 0.251 e. The van der Waals surface area contributed by atoms with Gasteiger partial charge in [0, 0.05) is 30.9 Å². The number of nitrogens with zero attached hydrogens (tertiary/aromatic N) is 1. The van der Waals surface area contributed by atoms with Gasteiger partial charge in [-0.3, -0.25) is 9.59 Å². The summed E-state index contributed by atoms with van der Waals surface area (Å²) in [6, 6.07) is 7.12. The lowest BCUT2D eigenvalue weighted by Crippen LogP contribution is -2.26. The van der Waals surface area contributed by atoms with Crippen LogP contribution in [-0.2, 0) is 6.54 Å². The summed E-state index contributed by atoms with van der Waals surface area (Å²) in [5, 5.41) is 40.9. The number of amides is 1. The minimum absolute atomic E-state index is 0.0287. The van der Waals surface area contributed by atoms with Gasteiger partial charge in [-0.2, -0.15) is 0 Å². The van der Waals surface area contributed by atoms with Gasteiger partial charge >= 0.3 is 0 Å². The third kappa shape index (κ3) is 4.24. The van der Waals surface area contributed by atoms with Crippen LogP contribution in [0.4, 0.5) is 0 Å². The number of rotatable bonds is 7. The Morgan fingerprint density at radius 1 is 1.12 bits per heavy atom. The van der Waals surface area contributed by atoms with Gasteiger partial charge in [-0.05, 0) is 17.7 Å². The third-order valence-electron chi connectivity index (χ3n) is 3.68. The van der Waals surface area contributed by atoms with Crippen molar-refractivity contribution in [2.24, 2.45) is 0 Å². The van der Waals surface area contributed by atoms with Crippen molar-refractivity contribution >= 4 is 5.91 Å². The lowest BCUT2D eigenvalue weighted by molar-refractivity contribution is 0.0944. The van der Waals surface area contributed by atoms with Crippen molar-refractivity contribution in [3.05, 3.63) is 63.6 Å². The average molecular weight is 348 g/mol. The molecule has 5 N–H and O–H groups in total. The molecule has 25 heavy (non-hydrogen) atoms. The number of aliphatic hydroxyl groups excluding tert-OH is 3. The van der Waals surface area contributed by atoms with E-state index < -0.39 is 17.3 Å². The number of carbonyl (C=O) groups is 1. The molecule has 8 nitrogen and oxygen atoms in total. The average Bonchev–Trinajstić information content (AvgIpc) is 2.63. The largest absolute Gasteiger partial charge is 0.503 e. The summed E-state index contributed by atoms with van der Waals surface area (Å²) >= 11 is 0. The van der Waals surface area contributed by atoms with Gasteiger partial charge in [0.15, 0.2) is 5.75 Å². The zero-order valence-corrected chi connectivity index (χ0v) is 13.4. The van der Waals surface area contributed by atoms with Gasteiger partial charge in [0.2, 0.25) is 5.43 Å². The molecule has 0 aliphatic heterocycles. The van der Waals surface area contributed by atoms with Gasteiger partial charge in [0.25, 0.3) is 5.91 Å². The summed E-state index contributed by atoms with van der Waals surface area (Å²) in [5.74, 6) is -0.956. The van der Waals surface area contributed by atoms with E-state index in [0.717, 1.165) is 6.07 Å². The molecule has 1 atom stereocenters. The predicted molar refractivity (Wildman–Crippen MR) is 89.4 cm³/mol. The quantitative estimate of drug-likeness (QED) is 0.452. The van der Waals surface area contributed by atoms with Gasteiger partial charge in [-0.25, -0.2) is 0 Å². The van der Waals surface area contributed by atoms with Crippen LogP contribution in [-0.4, -0.2) is 50.7 Å². The number of nitrogens with one attached hydrogen (secondary N) is 1. The van der Waals surface area contributed by atoms with Gasteiger partial charge in [0.05, 0.1) is 18.9 Å². The highest BCUT2D eigenvalue weighted by molar-refractivity contribution is 5.94. The number of pyridine rings is 1. The topological polar surface area (TPSA) is 132 Å². The maximum absolute atomic E-state index is 11.8. The van der Waals surface area contributed by atoms with Crippen LogP contribution in [0.3, 0.4) is 0 Å². The number of aliphatic hydroxyl groups is 3. The molecule has 1 aromatic carbocycles. The summed E-state index contributed by atoms with van der Waals surface area (Å²) in [6.45, 7) is -0.166. The van der Waals surface area contributed by atoms with Crippen molar-refractivity contribution in [1.82, 2.24) is 9.88 Å². The van der Waals surface area contributed by atoms with Crippen molar-refractivity contribution < 1.29 is 25.2 Å². The number of hydrogen-bond acceptors (Lipinski definition) is 6. The van der Waals surface area contributed by atoms with Gasteiger partial charge in [0.1, 0.15) is 6.10 Å². The van der Waals surface area contributed by atoms with Crippen molar-refractivity contribution in [3.63, 3.8) is 0 Å². The second-order valence-electron chi connectivity index (χ2n) is 5.33. The van der Waals surface area contributed by atoms with Crippen LogP contribution in [0.5, 0.6) is 5.75 Å². The molecule has 1 unspecified atom stereocenters. The molecule has 0 aliphatic carbocycles. The Labute approximate surface area is 143 Å². The summed E-state index contributed by atoms with van der Waals surface area (Å²) in [6.07, 6.45) is 0.0723. The highest BCUT2D eigenvalue weighted by Gasteiger charge is 2.20. The second-order valence-corrected chi connectivity index (χ2v) is 5.33. The Hall–Kier alpha value is -2.68. The second kappa shape index (κ2) is 8.43. The summed E-state index contributed by atoms with van der Waals surface area (Å²) < 4.78 is 1.39. The molecule has 134 valence electrons. The van der Waals surface area contributed by atoms with Crippen LogP contribution >= 0.6 is 0 Å². The summed E-state index contributed by atoms with van der Waals surface area (Å²) in [7, 11) is 0. The monoisotopic (exact) mass is 348 g/mol. The van der Waals surface area contributed by atoms with Gasteiger partial charge in [-0.1, -0.05) is 12.1 Å². The molecule has 0 radical (unpaired) electrons. The molecule has 2 aromatic rings. The first kappa shape index (κ1) is 18.7. The predicted octanol–water partition coefficient (Wildman–Crippen LogP) is -0.650. The van der Waals surface area contributed by atoms with Crippen LogP contribution in [0.15, 0.2) is 41.3 Å². The summed E-state index contributed by atoms with van der Waals surface area (Å²) in [5.41, 5.74) is 0.0444. The van der Waals surface area contributed by atoms with E-state index in [2.05, 4.69) is 5.32 Å². The van der Waals surface area contributed by atoms with E-state index in [1.54, 1.807) is 0 Å². The fraction of sp³-hybridized carbons (Fsp3) is 0.294. The van der Waals surface area contributed by atoms with E-state index in [-0.39, 0.29) is 37.9 Å². The maximum atomic E-state index is 11.8. The first-order valence-corrected chi connectivity index (χ1v) is 7.69. The molecule has 0 saturated heterocycles. The van der Waals surface area contributed by atoms with Crippen molar-refractivity contribution in [2.45, 2.75) is 12.6 Å². The van der Waals surface area contributed by atoms with Crippen LogP contribution in [0.2, 0.25) is 0 Å². The third-order valence-corrected chi connectivity index (χ3v) is 3.68. The minimum Gasteiger partial charge on any atom is -0.503 e. The normalized spacial score (nSPS) is 12.0. The molecule has 2 rings (SSSR count). The first-order chi connectivity index (χ1) is 12.0. The molecule has 0 spiro atoms. The number of aromatic nitrogens is 1. The number of benzene rings is 1. The molecule has 0 aliphatic rings. The van der Waals surface area contributed by atoms with E-state index in [0.29, 0.717) is 11.1 Å². The Morgan fingerprint density at radius 2 is 1.80 bits per heavy atom. The van der Waals surface area contributed by atoms with Crippen LogP contribution in [0, 0.1) is 0 Å². The Bertz CT molecular complexity index is 785. The van der Waals surface area contributed by atoms with Gasteiger partial charge < -0.3 is 30.3 Å². The maximum Gasteiger partial charge on any atom is 0.251 e. The molecule has 1 amide bonds. The SMILES string of the molecule is O=C(NCCO)c1ccc(C(O)c2c(O)c(=O)ccn2CCO)cc1. The van der Waals surface area contributed by atoms with Gasteiger partial charge in [-0.15, -0.1) is 0 Å². The molecule has 0 saturated carbocycles. The molecule has 1 heterocycles. The molecular weight excluding hydrogens is 328 g/mol. The van der Waals surface area contributed by atoms with Crippen LogP contribution in [0.25, 0.3) is 0 Å². The fourth-order valence-electron chi connectivity index (χ4n) is 2.41. The zero-order chi connectivity index (χ0) is 18.4. The van der Waals surface area contributed by atoms with Crippen LogP contribution < -0.4 is 10.7 Å². The van der Waals surface area contributed by atoms with Crippen molar-refractivity contribution in [3.8, 4) is 5.75 Å². The minimum atomic E-state index is -1.31. The lowest BCUT2D eigenvalue weighted by Gasteiger charge is -2.19. The van der Waals surface area contributed by atoms with Crippen LogP contribution in [0.1, 0.15) is 27.7 Å². The fourth-order valence-corrected chi connectivity index (χ4v) is 2.41. The first-order valence-electron chi connectivity index (χ1n) is 7.69.